The van der Waals surface area contributed by atoms with E-state index in [4.69, 9.17) is 0 Å². The van der Waals surface area contributed by atoms with Gasteiger partial charge in [-0.25, -0.2) is 8.42 Å². The SMILES string of the molecule is CCNCC1CCN(S(=O)(=O)c2c(C)n(C)c3ccccc23)CC1. The highest BCUT2D eigenvalue weighted by molar-refractivity contribution is 7.89. The first-order valence-electron chi connectivity index (χ1n) is 8.71. The molecule has 0 aliphatic carbocycles. The summed E-state index contributed by atoms with van der Waals surface area (Å²) in [6.07, 6.45) is 1.85. The first-order valence-corrected chi connectivity index (χ1v) is 10.2. The minimum atomic E-state index is -3.45. The Bertz CT molecular complexity index is 818. The van der Waals surface area contributed by atoms with Crippen LogP contribution in [0, 0.1) is 12.8 Å². The molecule has 1 aliphatic heterocycles. The van der Waals surface area contributed by atoms with Crippen LogP contribution < -0.4 is 5.32 Å². The number of nitrogens with one attached hydrogen (secondary N) is 1. The zero-order valence-corrected chi connectivity index (χ0v) is 15.6. The lowest BCUT2D eigenvalue weighted by atomic mass is 9.98. The number of hydrogen-bond acceptors (Lipinski definition) is 3. The van der Waals surface area contributed by atoms with Gasteiger partial charge < -0.3 is 9.88 Å². The van der Waals surface area contributed by atoms with E-state index in [-0.39, 0.29) is 0 Å². The van der Waals surface area contributed by atoms with Crippen molar-refractivity contribution in [2.75, 3.05) is 26.2 Å². The summed E-state index contributed by atoms with van der Waals surface area (Å²) in [6, 6.07) is 7.74. The van der Waals surface area contributed by atoms with Gasteiger partial charge in [0.15, 0.2) is 0 Å². The van der Waals surface area contributed by atoms with E-state index in [1.165, 1.54) is 0 Å². The Kier molecular flexibility index (Phi) is 4.99. The predicted molar refractivity (Wildman–Crippen MR) is 97.7 cm³/mol. The van der Waals surface area contributed by atoms with Crippen LogP contribution in [0.4, 0.5) is 0 Å². The smallest absolute Gasteiger partial charge is 0.245 e. The third kappa shape index (κ3) is 2.98. The number of aromatic nitrogens is 1. The monoisotopic (exact) mass is 349 g/mol. The molecule has 2 heterocycles. The topological polar surface area (TPSA) is 54.3 Å². The highest BCUT2D eigenvalue weighted by atomic mass is 32.2. The summed E-state index contributed by atoms with van der Waals surface area (Å²) in [7, 11) is -1.52. The standard InChI is InChI=1S/C18H27N3O2S/c1-4-19-13-15-9-11-21(12-10-15)24(22,23)18-14(2)20(3)17-8-6-5-7-16(17)18/h5-8,15,19H,4,9-13H2,1-3H3. The molecular weight excluding hydrogens is 322 g/mol. The van der Waals surface area contributed by atoms with Crippen LogP contribution in [0.5, 0.6) is 0 Å². The summed E-state index contributed by atoms with van der Waals surface area (Å²) in [4.78, 5) is 0.478. The normalized spacial score (nSPS) is 17.6. The molecular formula is C18H27N3O2S. The minimum absolute atomic E-state index is 0.478. The molecule has 1 aliphatic rings. The third-order valence-electron chi connectivity index (χ3n) is 5.20. The van der Waals surface area contributed by atoms with Crippen LogP contribution in [0.15, 0.2) is 29.2 Å². The molecule has 6 heteroatoms. The van der Waals surface area contributed by atoms with Gasteiger partial charge in [-0.05, 0) is 44.8 Å². The molecule has 0 unspecified atom stereocenters. The van der Waals surface area contributed by atoms with Crippen molar-refractivity contribution in [1.29, 1.82) is 0 Å². The van der Waals surface area contributed by atoms with E-state index in [2.05, 4.69) is 12.2 Å². The Morgan fingerprint density at radius 2 is 1.88 bits per heavy atom. The second-order valence-electron chi connectivity index (χ2n) is 6.65. The van der Waals surface area contributed by atoms with Gasteiger partial charge in [-0.3, -0.25) is 0 Å². The maximum absolute atomic E-state index is 13.3. The van der Waals surface area contributed by atoms with E-state index in [0.29, 0.717) is 23.9 Å². The molecule has 0 bridgehead atoms. The summed E-state index contributed by atoms with van der Waals surface area (Å²) in [5.74, 6) is 0.574. The summed E-state index contributed by atoms with van der Waals surface area (Å²) >= 11 is 0. The van der Waals surface area contributed by atoms with Crippen molar-refractivity contribution < 1.29 is 8.42 Å². The van der Waals surface area contributed by atoms with Gasteiger partial charge in [-0.1, -0.05) is 25.1 Å². The van der Waals surface area contributed by atoms with E-state index in [9.17, 15) is 8.42 Å². The molecule has 5 nitrogen and oxygen atoms in total. The van der Waals surface area contributed by atoms with Crippen molar-refractivity contribution in [3.63, 3.8) is 0 Å². The van der Waals surface area contributed by atoms with E-state index in [1.54, 1.807) is 4.31 Å². The van der Waals surface area contributed by atoms with Crippen molar-refractivity contribution in [2.24, 2.45) is 13.0 Å². The molecule has 1 aromatic carbocycles. The maximum Gasteiger partial charge on any atom is 0.245 e. The van der Waals surface area contributed by atoms with E-state index < -0.39 is 10.0 Å². The molecule has 2 aromatic rings. The molecule has 0 spiro atoms. The highest BCUT2D eigenvalue weighted by Gasteiger charge is 2.33. The number of hydrogen-bond donors (Lipinski definition) is 1. The summed E-state index contributed by atoms with van der Waals surface area (Å²) in [5.41, 5.74) is 1.78. The number of rotatable bonds is 5. The van der Waals surface area contributed by atoms with Gasteiger partial charge in [0.1, 0.15) is 4.90 Å². The van der Waals surface area contributed by atoms with Crippen LogP contribution >= 0.6 is 0 Å². The largest absolute Gasteiger partial charge is 0.347 e. The lowest BCUT2D eigenvalue weighted by Gasteiger charge is -2.31. The van der Waals surface area contributed by atoms with Crippen LogP contribution in [0.3, 0.4) is 0 Å². The predicted octanol–water partition coefficient (Wildman–Crippen LogP) is 2.50. The number of nitrogens with zero attached hydrogens (tertiary/aromatic N) is 2. The first kappa shape index (κ1) is 17.5. The van der Waals surface area contributed by atoms with Gasteiger partial charge in [-0.15, -0.1) is 0 Å². The fourth-order valence-corrected chi connectivity index (χ4v) is 5.55. The highest BCUT2D eigenvalue weighted by Crippen LogP contribution is 2.32. The lowest BCUT2D eigenvalue weighted by molar-refractivity contribution is 0.268. The Hall–Kier alpha value is -1.37. The average molecular weight is 350 g/mol. The zero-order valence-electron chi connectivity index (χ0n) is 14.7. The Morgan fingerprint density at radius 3 is 2.54 bits per heavy atom. The first-order chi connectivity index (χ1) is 11.5. The molecule has 0 atom stereocenters. The number of fused-ring (bicyclic) bond motifs is 1. The Balaban J connectivity index is 1.89. The van der Waals surface area contributed by atoms with E-state index >= 15 is 0 Å². The fourth-order valence-electron chi connectivity index (χ4n) is 3.64. The van der Waals surface area contributed by atoms with Gasteiger partial charge in [0.05, 0.1) is 0 Å². The van der Waals surface area contributed by atoms with Gasteiger partial charge in [0.25, 0.3) is 0 Å². The number of para-hydroxylation sites is 1. The van der Waals surface area contributed by atoms with Crippen molar-refractivity contribution in [1.82, 2.24) is 14.2 Å². The number of benzene rings is 1. The van der Waals surface area contributed by atoms with Crippen LogP contribution in [0.2, 0.25) is 0 Å². The fraction of sp³-hybridized carbons (Fsp3) is 0.556. The van der Waals surface area contributed by atoms with Crippen molar-refractivity contribution in [3.8, 4) is 0 Å². The molecule has 132 valence electrons. The van der Waals surface area contributed by atoms with E-state index in [1.807, 2.05) is 42.8 Å². The summed E-state index contributed by atoms with van der Waals surface area (Å²) in [5, 5.41) is 4.19. The number of piperidine rings is 1. The lowest BCUT2D eigenvalue weighted by Crippen LogP contribution is -2.40. The Morgan fingerprint density at radius 1 is 1.21 bits per heavy atom. The molecule has 1 saturated heterocycles. The second kappa shape index (κ2) is 6.86. The minimum Gasteiger partial charge on any atom is -0.347 e. The number of aryl methyl sites for hydroxylation is 1. The Labute approximate surface area is 144 Å². The van der Waals surface area contributed by atoms with Gasteiger partial charge in [-0.2, -0.15) is 4.31 Å². The average Bonchev–Trinajstić information content (AvgIpc) is 2.85. The van der Waals surface area contributed by atoms with Gasteiger partial charge in [0.2, 0.25) is 10.0 Å². The van der Waals surface area contributed by atoms with Gasteiger partial charge >= 0.3 is 0 Å². The molecule has 0 radical (unpaired) electrons. The second-order valence-corrected chi connectivity index (χ2v) is 8.52. The molecule has 3 rings (SSSR count). The molecule has 24 heavy (non-hydrogen) atoms. The molecule has 0 saturated carbocycles. The van der Waals surface area contributed by atoms with Crippen molar-refractivity contribution in [3.05, 3.63) is 30.0 Å². The van der Waals surface area contributed by atoms with Crippen LogP contribution in [0.25, 0.3) is 10.9 Å². The van der Waals surface area contributed by atoms with Crippen LogP contribution in [-0.4, -0.2) is 43.5 Å². The zero-order chi connectivity index (χ0) is 17.3. The van der Waals surface area contributed by atoms with Gasteiger partial charge in [0, 0.05) is 36.7 Å². The van der Waals surface area contributed by atoms with Crippen LogP contribution in [0.1, 0.15) is 25.5 Å². The maximum atomic E-state index is 13.3. The third-order valence-corrected chi connectivity index (χ3v) is 7.27. The molecule has 1 fully saturated rings. The molecule has 1 aromatic heterocycles. The van der Waals surface area contributed by atoms with Crippen LogP contribution in [-0.2, 0) is 17.1 Å². The summed E-state index contributed by atoms with van der Waals surface area (Å²) in [6.45, 7) is 7.17. The van der Waals surface area contributed by atoms with Crippen molar-refractivity contribution >= 4 is 20.9 Å². The molecule has 0 amide bonds. The van der Waals surface area contributed by atoms with E-state index in [0.717, 1.165) is 42.5 Å². The summed E-state index contributed by atoms with van der Waals surface area (Å²) < 4.78 is 30.1. The number of sulfonamides is 1. The quantitative estimate of drug-likeness (QED) is 0.902. The molecule has 1 N–H and O–H groups in total. The van der Waals surface area contributed by atoms with Crippen molar-refractivity contribution in [2.45, 2.75) is 31.6 Å².